The van der Waals surface area contributed by atoms with Gasteiger partial charge in [0, 0.05) is 16.8 Å². The van der Waals surface area contributed by atoms with Crippen LogP contribution in [0.1, 0.15) is 21.5 Å². The predicted octanol–water partition coefficient (Wildman–Crippen LogP) is 4.12. The first kappa shape index (κ1) is 12.9. The molecule has 0 bridgehead atoms. The molecule has 0 amide bonds. The molecular formula is C14H11Cl2NO. The third-order valence-corrected chi connectivity index (χ3v) is 3.67. The van der Waals surface area contributed by atoms with E-state index >= 15 is 0 Å². The highest BCUT2D eigenvalue weighted by atomic mass is 35.5. The molecule has 0 heterocycles. The van der Waals surface area contributed by atoms with Crippen LogP contribution in [0.25, 0.3) is 0 Å². The van der Waals surface area contributed by atoms with Crippen LogP contribution in [-0.4, -0.2) is 5.78 Å². The van der Waals surface area contributed by atoms with E-state index in [2.05, 4.69) is 0 Å². The summed E-state index contributed by atoms with van der Waals surface area (Å²) in [4.78, 5) is 12.3. The Morgan fingerprint density at radius 3 is 2.39 bits per heavy atom. The molecule has 0 saturated carbocycles. The molecule has 2 N–H and O–H groups in total. The van der Waals surface area contributed by atoms with Crippen molar-refractivity contribution in [3.8, 4) is 0 Å². The highest BCUT2D eigenvalue weighted by molar-refractivity contribution is 6.43. The summed E-state index contributed by atoms with van der Waals surface area (Å²) in [5, 5.41) is 0.724. The van der Waals surface area contributed by atoms with Crippen molar-refractivity contribution in [1.82, 2.24) is 0 Å². The van der Waals surface area contributed by atoms with E-state index in [1.165, 1.54) is 6.07 Å². The van der Waals surface area contributed by atoms with Gasteiger partial charge < -0.3 is 5.73 Å². The molecule has 4 heteroatoms. The van der Waals surface area contributed by atoms with Crippen molar-refractivity contribution in [3.05, 3.63) is 63.1 Å². The van der Waals surface area contributed by atoms with Crippen molar-refractivity contribution < 1.29 is 4.79 Å². The SMILES string of the molecule is Cc1c(N)c(C(=O)c2ccccc2)cc(Cl)c1Cl. The van der Waals surface area contributed by atoms with E-state index in [9.17, 15) is 4.79 Å². The largest absolute Gasteiger partial charge is 0.398 e. The molecule has 0 atom stereocenters. The van der Waals surface area contributed by atoms with Gasteiger partial charge in [0.15, 0.2) is 5.78 Å². The molecule has 0 fully saturated rings. The number of ketones is 1. The average Bonchev–Trinajstić information content (AvgIpc) is 2.41. The average molecular weight is 280 g/mol. The van der Waals surface area contributed by atoms with Gasteiger partial charge in [-0.1, -0.05) is 53.5 Å². The van der Waals surface area contributed by atoms with Crippen LogP contribution >= 0.6 is 23.2 Å². The van der Waals surface area contributed by atoms with Crippen LogP contribution < -0.4 is 5.73 Å². The Kier molecular flexibility index (Phi) is 3.60. The van der Waals surface area contributed by atoms with Crippen molar-refractivity contribution in [2.75, 3.05) is 5.73 Å². The number of carbonyl (C=O) groups excluding carboxylic acids is 1. The monoisotopic (exact) mass is 279 g/mol. The molecular weight excluding hydrogens is 269 g/mol. The van der Waals surface area contributed by atoms with Gasteiger partial charge in [-0.3, -0.25) is 4.79 Å². The van der Waals surface area contributed by atoms with E-state index in [0.717, 1.165) is 0 Å². The lowest BCUT2D eigenvalue weighted by Crippen LogP contribution is -2.07. The van der Waals surface area contributed by atoms with E-state index < -0.39 is 0 Å². The van der Waals surface area contributed by atoms with E-state index in [-0.39, 0.29) is 5.78 Å². The predicted molar refractivity (Wildman–Crippen MR) is 75.5 cm³/mol. The molecule has 0 unspecified atom stereocenters. The number of anilines is 1. The normalized spacial score (nSPS) is 10.4. The van der Waals surface area contributed by atoms with Crippen LogP contribution in [0.4, 0.5) is 5.69 Å². The molecule has 0 aromatic heterocycles. The van der Waals surface area contributed by atoms with Gasteiger partial charge in [0.05, 0.1) is 10.0 Å². The van der Waals surface area contributed by atoms with Crippen LogP contribution in [0.15, 0.2) is 36.4 Å². The van der Waals surface area contributed by atoms with Gasteiger partial charge in [0.1, 0.15) is 0 Å². The van der Waals surface area contributed by atoms with Gasteiger partial charge in [-0.25, -0.2) is 0 Å². The van der Waals surface area contributed by atoms with Gasteiger partial charge >= 0.3 is 0 Å². The topological polar surface area (TPSA) is 43.1 Å². The van der Waals surface area contributed by atoms with Crippen molar-refractivity contribution >= 4 is 34.7 Å². The lowest BCUT2D eigenvalue weighted by molar-refractivity contribution is 0.103. The molecule has 18 heavy (non-hydrogen) atoms. The van der Waals surface area contributed by atoms with Crippen molar-refractivity contribution in [2.45, 2.75) is 6.92 Å². The van der Waals surface area contributed by atoms with Gasteiger partial charge in [-0.2, -0.15) is 0 Å². The fourth-order valence-electron chi connectivity index (χ4n) is 1.70. The summed E-state index contributed by atoms with van der Waals surface area (Å²) in [6.07, 6.45) is 0. The second-order valence-corrected chi connectivity index (χ2v) is 4.74. The third kappa shape index (κ3) is 2.22. The van der Waals surface area contributed by atoms with Crippen LogP contribution in [0, 0.1) is 6.92 Å². The second-order valence-electron chi connectivity index (χ2n) is 3.95. The summed E-state index contributed by atoms with van der Waals surface area (Å²) in [5.41, 5.74) is 7.88. The minimum atomic E-state index is -0.158. The third-order valence-electron chi connectivity index (χ3n) is 2.78. The maximum absolute atomic E-state index is 12.3. The zero-order chi connectivity index (χ0) is 13.3. The summed E-state index contributed by atoms with van der Waals surface area (Å²) >= 11 is 12.0. The Bertz CT molecular complexity index is 609. The van der Waals surface area contributed by atoms with E-state index in [1.54, 1.807) is 31.2 Å². The molecule has 92 valence electrons. The van der Waals surface area contributed by atoms with E-state index in [0.29, 0.717) is 32.4 Å². The van der Waals surface area contributed by atoms with Crippen molar-refractivity contribution in [1.29, 1.82) is 0 Å². The lowest BCUT2D eigenvalue weighted by Gasteiger charge is -2.10. The Balaban J connectivity index is 2.56. The maximum Gasteiger partial charge on any atom is 0.195 e. The molecule has 0 aliphatic rings. The molecule has 2 aromatic rings. The van der Waals surface area contributed by atoms with Crippen LogP contribution in [0.3, 0.4) is 0 Å². The number of hydrogen-bond acceptors (Lipinski definition) is 2. The molecule has 0 aliphatic heterocycles. The van der Waals surface area contributed by atoms with Crippen molar-refractivity contribution in [3.63, 3.8) is 0 Å². The van der Waals surface area contributed by atoms with E-state index in [4.69, 9.17) is 28.9 Å². The zero-order valence-electron chi connectivity index (χ0n) is 9.71. The Labute approximate surface area is 115 Å². The summed E-state index contributed by atoms with van der Waals surface area (Å²) in [6, 6.07) is 10.4. The second kappa shape index (κ2) is 5.01. The first-order chi connectivity index (χ1) is 8.52. The fourth-order valence-corrected chi connectivity index (χ4v) is 2.11. The highest BCUT2D eigenvalue weighted by Gasteiger charge is 2.17. The Hall–Kier alpha value is -1.51. The molecule has 2 nitrogen and oxygen atoms in total. The molecule has 0 saturated heterocycles. The van der Waals surface area contributed by atoms with Gasteiger partial charge in [0.25, 0.3) is 0 Å². The van der Waals surface area contributed by atoms with E-state index in [1.807, 2.05) is 6.07 Å². The van der Waals surface area contributed by atoms with Gasteiger partial charge in [0.2, 0.25) is 0 Å². The number of rotatable bonds is 2. The quantitative estimate of drug-likeness (QED) is 0.664. The number of nitrogen functional groups attached to an aromatic ring is 1. The van der Waals surface area contributed by atoms with Crippen LogP contribution in [-0.2, 0) is 0 Å². The number of halogens is 2. The van der Waals surface area contributed by atoms with Gasteiger partial charge in [-0.05, 0) is 18.6 Å². The van der Waals surface area contributed by atoms with Gasteiger partial charge in [-0.15, -0.1) is 0 Å². The van der Waals surface area contributed by atoms with Crippen molar-refractivity contribution in [2.24, 2.45) is 0 Å². The standard InChI is InChI=1S/C14H11Cl2NO/c1-8-12(16)11(15)7-10(13(8)17)14(18)9-5-3-2-4-6-9/h2-7H,17H2,1H3. The first-order valence-corrected chi connectivity index (χ1v) is 6.11. The molecule has 2 aromatic carbocycles. The lowest BCUT2D eigenvalue weighted by atomic mass is 9.99. The highest BCUT2D eigenvalue weighted by Crippen LogP contribution is 2.33. The minimum absolute atomic E-state index is 0.158. The van der Waals surface area contributed by atoms with Crippen LogP contribution in [0.5, 0.6) is 0 Å². The maximum atomic E-state index is 12.3. The molecule has 2 rings (SSSR count). The summed E-state index contributed by atoms with van der Waals surface area (Å²) < 4.78 is 0. The summed E-state index contributed by atoms with van der Waals surface area (Å²) in [7, 11) is 0. The zero-order valence-corrected chi connectivity index (χ0v) is 11.2. The molecule has 0 spiro atoms. The summed E-state index contributed by atoms with van der Waals surface area (Å²) in [6.45, 7) is 1.74. The Morgan fingerprint density at radius 1 is 1.17 bits per heavy atom. The first-order valence-electron chi connectivity index (χ1n) is 5.36. The number of hydrogen-bond donors (Lipinski definition) is 1. The minimum Gasteiger partial charge on any atom is -0.398 e. The number of nitrogens with two attached hydrogens (primary N) is 1. The fraction of sp³-hybridized carbons (Fsp3) is 0.0714. The summed E-state index contributed by atoms with van der Waals surface area (Å²) in [5.74, 6) is -0.158. The smallest absolute Gasteiger partial charge is 0.195 e. The Morgan fingerprint density at radius 2 is 1.78 bits per heavy atom. The molecule has 0 aliphatic carbocycles. The number of carbonyl (C=O) groups is 1. The molecule has 0 radical (unpaired) electrons. The number of benzene rings is 2. The van der Waals surface area contributed by atoms with Crippen LogP contribution in [0.2, 0.25) is 10.0 Å².